The highest BCUT2D eigenvalue weighted by Gasteiger charge is 2.21. The third-order valence-electron chi connectivity index (χ3n) is 4.89. The average molecular weight is 327 g/mol. The van der Waals surface area contributed by atoms with E-state index in [4.69, 9.17) is 0 Å². The average Bonchev–Trinajstić information content (AvgIpc) is 2.96. The molecule has 2 N–H and O–H groups in total. The Balaban J connectivity index is 1.59. The monoisotopic (exact) mass is 327 g/mol. The Bertz CT molecular complexity index is 654. The van der Waals surface area contributed by atoms with Crippen LogP contribution in [0.3, 0.4) is 0 Å². The van der Waals surface area contributed by atoms with Gasteiger partial charge in [0.2, 0.25) is 0 Å². The van der Waals surface area contributed by atoms with Crippen molar-refractivity contribution in [2.75, 3.05) is 6.54 Å². The van der Waals surface area contributed by atoms with Gasteiger partial charge in [-0.05, 0) is 44.2 Å². The molecule has 0 fully saturated rings. The maximum Gasteiger partial charge on any atom is 0.0667 e. The predicted molar refractivity (Wildman–Crippen MR) is 96.8 cm³/mol. The molecule has 0 aliphatic carbocycles. The largest absolute Gasteiger partial charge is 0.390 e. The summed E-state index contributed by atoms with van der Waals surface area (Å²) < 4.78 is 0. The summed E-state index contributed by atoms with van der Waals surface area (Å²) in [5.74, 6) is 0. The van der Waals surface area contributed by atoms with E-state index in [1.165, 1.54) is 28.1 Å². The normalized spacial score (nSPS) is 15.5. The molecule has 1 aliphatic rings. The van der Waals surface area contributed by atoms with Crippen molar-refractivity contribution < 1.29 is 5.11 Å². The maximum absolute atomic E-state index is 9.84. The smallest absolute Gasteiger partial charge is 0.0667 e. The number of hydrogen-bond donors (Lipinski definition) is 2. The lowest BCUT2D eigenvalue weighted by atomic mass is 9.98. The van der Waals surface area contributed by atoms with Gasteiger partial charge < -0.3 is 5.11 Å². The summed E-state index contributed by atoms with van der Waals surface area (Å²) in [5.41, 5.74) is 6.01. The fourth-order valence-electron chi connectivity index (χ4n) is 3.36. The second-order valence-electron chi connectivity index (χ2n) is 7.57. The molecular formula is C20H29N3O. The Morgan fingerprint density at radius 1 is 1.21 bits per heavy atom. The molecule has 4 nitrogen and oxygen atoms in total. The summed E-state index contributed by atoms with van der Waals surface area (Å²) in [4.78, 5) is 2.50. The van der Waals surface area contributed by atoms with E-state index in [1.54, 1.807) is 0 Å². The van der Waals surface area contributed by atoms with E-state index in [0.29, 0.717) is 0 Å². The van der Waals surface area contributed by atoms with Crippen LogP contribution in [0.25, 0.3) is 0 Å². The Hall–Kier alpha value is -1.65. The molecular weight excluding hydrogens is 298 g/mol. The highest BCUT2D eigenvalue weighted by molar-refractivity contribution is 5.28. The summed E-state index contributed by atoms with van der Waals surface area (Å²) in [6.45, 7) is 8.97. The third kappa shape index (κ3) is 4.25. The van der Waals surface area contributed by atoms with E-state index in [2.05, 4.69) is 46.3 Å². The number of aliphatic hydroxyl groups is 1. The lowest BCUT2D eigenvalue weighted by molar-refractivity contribution is 0.0714. The van der Waals surface area contributed by atoms with Crippen LogP contribution in [0.2, 0.25) is 0 Å². The molecule has 2 heterocycles. The topological polar surface area (TPSA) is 52.2 Å². The summed E-state index contributed by atoms with van der Waals surface area (Å²) in [5, 5.41) is 17.5. The number of hydrogen-bond acceptors (Lipinski definition) is 3. The number of nitrogens with one attached hydrogen (secondary N) is 1. The molecule has 130 valence electrons. The van der Waals surface area contributed by atoms with Crippen molar-refractivity contribution in [2.24, 2.45) is 0 Å². The van der Waals surface area contributed by atoms with Gasteiger partial charge in [0.15, 0.2) is 0 Å². The van der Waals surface area contributed by atoms with Crippen LogP contribution in [-0.2, 0) is 32.4 Å². The van der Waals surface area contributed by atoms with Crippen LogP contribution < -0.4 is 0 Å². The molecule has 0 radical (unpaired) electrons. The molecule has 0 saturated carbocycles. The van der Waals surface area contributed by atoms with E-state index >= 15 is 0 Å². The second-order valence-corrected chi connectivity index (χ2v) is 7.57. The molecule has 1 aliphatic heterocycles. The summed E-state index contributed by atoms with van der Waals surface area (Å²) in [6, 6.07) is 8.86. The molecule has 0 saturated heterocycles. The predicted octanol–water partition coefficient (Wildman–Crippen LogP) is 3.23. The van der Waals surface area contributed by atoms with Gasteiger partial charge in [0.05, 0.1) is 11.3 Å². The SMILES string of the molecule is CCc1n[nH]c2c1CN(Cc1ccc(CCC(C)(C)O)cc1)CC2. The van der Waals surface area contributed by atoms with Crippen molar-refractivity contribution in [3.8, 4) is 0 Å². The van der Waals surface area contributed by atoms with E-state index in [-0.39, 0.29) is 0 Å². The first-order chi connectivity index (χ1) is 11.4. The van der Waals surface area contributed by atoms with Crippen LogP contribution in [0.15, 0.2) is 24.3 Å². The van der Waals surface area contributed by atoms with Gasteiger partial charge in [0.1, 0.15) is 0 Å². The number of fused-ring (bicyclic) bond motifs is 1. The minimum absolute atomic E-state index is 0.592. The molecule has 3 rings (SSSR count). The van der Waals surface area contributed by atoms with Crippen molar-refractivity contribution in [2.45, 2.75) is 65.1 Å². The highest BCUT2D eigenvalue weighted by Crippen LogP contribution is 2.22. The highest BCUT2D eigenvalue weighted by atomic mass is 16.3. The van der Waals surface area contributed by atoms with Gasteiger partial charge in [-0.15, -0.1) is 0 Å². The molecule has 0 atom stereocenters. The molecule has 4 heteroatoms. The van der Waals surface area contributed by atoms with Crippen molar-refractivity contribution >= 4 is 0 Å². The maximum atomic E-state index is 9.84. The van der Waals surface area contributed by atoms with E-state index < -0.39 is 5.60 Å². The summed E-state index contributed by atoms with van der Waals surface area (Å²) in [6.07, 6.45) is 3.77. The minimum Gasteiger partial charge on any atom is -0.390 e. The zero-order valence-electron chi connectivity index (χ0n) is 15.1. The van der Waals surface area contributed by atoms with Crippen LogP contribution in [0, 0.1) is 0 Å². The van der Waals surface area contributed by atoms with Crippen LogP contribution in [-0.4, -0.2) is 32.3 Å². The van der Waals surface area contributed by atoms with Gasteiger partial charge in [0.25, 0.3) is 0 Å². The molecule has 0 bridgehead atoms. The van der Waals surface area contributed by atoms with Crippen molar-refractivity contribution in [1.29, 1.82) is 0 Å². The van der Waals surface area contributed by atoms with Gasteiger partial charge in [-0.25, -0.2) is 0 Å². The van der Waals surface area contributed by atoms with E-state index in [9.17, 15) is 5.11 Å². The van der Waals surface area contributed by atoms with E-state index in [1.807, 2.05) is 13.8 Å². The number of benzene rings is 1. The number of H-pyrrole nitrogens is 1. The fraction of sp³-hybridized carbons (Fsp3) is 0.550. The lowest BCUT2D eigenvalue weighted by Gasteiger charge is -2.27. The van der Waals surface area contributed by atoms with Gasteiger partial charge in [-0.2, -0.15) is 5.10 Å². The zero-order chi connectivity index (χ0) is 17.2. The number of aromatic amines is 1. The first-order valence-electron chi connectivity index (χ1n) is 9.02. The molecule has 0 amide bonds. The molecule has 1 aromatic heterocycles. The fourth-order valence-corrected chi connectivity index (χ4v) is 3.36. The van der Waals surface area contributed by atoms with Gasteiger partial charge in [-0.3, -0.25) is 10.00 Å². The first kappa shape index (κ1) is 17.2. The molecule has 24 heavy (non-hydrogen) atoms. The van der Waals surface area contributed by atoms with Crippen LogP contribution in [0.1, 0.15) is 55.3 Å². The van der Waals surface area contributed by atoms with Crippen molar-refractivity contribution in [1.82, 2.24) is 15.1 Å². The van der Waals surface area contributed by atoms with Gasteiger partial charge in [-0.1, -0.05) is 31.2 Å². The number of aryl methyl sites for hydroxylation is 2. The minimum atomic E-state index is -0.592. The Kier molecular flexibility index (Phi) is 5.07. The number of rotatable bonds is 6. The van der Waals surface area contributed by atoms with Crippen LogP contribution in [0.4, 0.5) is 0 Å². The second kappa shape index (κ2) is 7.08. The molecule has 0 unspecified atom stereocenters. The van der Waals surface area contributed by atoms with Crippen LogP contribution >= 0.6 is 0 Å². The third-order valence-corrected chi connectivity index (χ3v) is 4.89. The lowest BCUT2D eigenvalue weighted by Crippen LogP contribution is -2.30. The molecule has 2 aromatic rings. The quantitative estimate of drug-likeness (QED) is 0.856. The zero-order valence-corrected chi connectivity index (χ0v) is 15.1. The summed E-state index contributed by atoms with van der Waals surface area (Å²) in [7, 11) is 0. The Labute approximate surface area is 144 Å². The number of aromatic nitrogens is 2. The Morgan fingerprint density at radius 3 is 2.58 bits per heavy atom. The van der Waals surface area contributed by atoms with Gasteiger partial charge in [0, 0.05) is 37.3 Å². The number of nitrogens with zero attached hydrogens (tertiary/aromatic N) is 2. The Morgan fingerprint density at radius 2 is 1.92 bits per heavy atom. The van der Waals surface area contributed by atoms with Gasteiger partial charge >= 0.3 is 0 Å². The standard InChI is InChI=1S/C20H29N3O/c1-4-18-17-14-23(12-10-19(17)22-21-18)13-16-7-5-15(6-8-16)9-11-20(2,3)24/h5-8,24H,4,9-14H2,1-3H3,(H,21,22). The van der Waals surface area contributed by atoms with Crippen molar-refractivity contribution in [3.63, 3.8) is 0 Å². The van der Waals surface area contributed by atoms with E-state index in [0.717, 1.165) is 45.3 Å². The summed E-state index contributed by atoms with van der Waals surface area (Å²) >= 11 is 0. The molecule has 1 aromatic carbocycles. The van der Waals surface area contributed by atoms with Crippen LogP contribution in [0.5, 0.6) is 0 Å². The van der Waals surface area contributed by atoms with Crippen molar-refractivity contribution in [3.05, 3.63) is 52.3 Å². The molecule has 0 spiro atoms. The first-order valence-corrected chi connectivity index (χ1v) is 9.02.